The third-order valence-corrected chi connectivity index (χ3v) is 11.5. The maximum Gasteiger partial charge on any atom is 0.335 e. The summed E-state index contributed by atoms with van der Waals surface area (Å²) in [7, 11) is 0. The van der Waals surface area contributed by atoms with Crippen molar-refractivity contribution in [1.29, 1.82) is 0 Å². The van der Waals surface area contributed by atoms with Crippen LogP contribution in [0, 0.1) is 0 Å². The first kappa shape index (κ1) is 40.7. The van der Waals surface area contributed by atoms with Crippen molar-refractivity contribution in [2.75, 3.05) is 0 Å². The SMILES string of the molecule is O=C(O)c1ccc(Cc2c3nc(c(Cc4ccc(C(=O)O)cc4)c4ccc([nH]4)c(Cc4ccc(C(=O)O)cc4)c4nc(c(Cc5ccc(C(=O)O)cc5)c5ccc2[nH]5)C=C4)C=C3)cc1. The van der Waals surface area contributed by atoms with Gasteiger partial charge in [-0.05, 0) is 119 Å². The summed E-state index contributed by atoms with van der Waals surface area (Å²) < 4.78 is 0. The molecule has 0 aliphatic carbocycles. The monoisotopic (exact) mass is 846 g/mol. The molecule has 7 aromatic rings. The van der Waals surface area contributed by atoms with E-state index in [1.165, 1.54) is 0 Å². The standard InChI is InChI=1S/C52H38N4O8/c57-49(58)33-9-1-29(2-10-33)25-37-41-17-19-43(53-41)38(26-30-3-11-34(12-4-30)50(59)60)45-21-23-47(55-45)40(28-32-7-15-36(16-8-32)52(63)64)48-24-22-46(56-48)39(44-20-18-42(37)54-44)27-31-5-13-35(14-6-31)51(61)62/h1-24,53,56H,25-28H2,(H,57,58)(H,59,60)(H,61,62)(H,63,64). The highest BCUT2D eigenvalue weighted by atomic mass is 16.4. The van der Waals surface area contributed by atoms with Crippen LogP contribution in [-0.4, -0.2) is 64.2 Å². The molecule has 9 rings (SSSR count). The molecule has 3 aromatic heterocycles. The lowest BCUT2D eigenvalue weighted by Crippen LogP contribution is -1.99. The molecule has 0 fully saturated rings. The molecule has 12 heteroatoms. The van der Waals surface area contributed by atoms with E-state index in [4.69, 9.17) is 9.97 Å². The van der Waals surface area contributed by atoms with Crippen molar-refractivity contribution in [1.82, 2.24) is 19.9 Å². The van der Waals surface area contributed by atoms with E-state index < -0.39 is 23.9 Å². The van der Waals surface area contributed by atoms with Gasteiger partial charge in [0.15, 0.2) is 0 Å². The van der Waals surface area contributed by atoms with Gasteiger partial charge in [0, 0.05) is 70.0 Å². The van der Waals surface area contributed by atoms with E-state index >= 15 is 0 Å². The zero-order chi connectivity index (χ0) is 44.5. The van der Waals surface area contributed by atoms with Crippen molar-refractivity contribution < 1.29 is 39.6 Å². The van der Waals surface area contributed by atoms with Crippen molar-refractivity contribution in [2.24, 2.45) is 0 Å². The van der Waals surface area contributed by atoms with E-state index in [0.717, 1.165) is 66.6 Å². The Morgan fingerprint density at radius 1 is 0.328 bits per heavy atom. The van der Waals surface area contributed by atoms with Gasteiger partial charge in [0.2, 0.25) is 0 Å². The van der Waals surface area contributed by atoms with E-state index in [0.29, 0.717) is 48.5 Å². The van der Waals surface area contributed by atoms with Gasteiger partial charge < -0.3 is 30.4 Å². The molecule has 0 amide bonds. The third kappa shape index (κ3) is 8.48. The quantitative estimate of drug-likeness (QED) is 0.0686. The van der Waals surface area contributed by atoms with Crippen LogP contribution in [0.15, 0.2) is 121 Å². The van der Waals surface area contributed by atoms with Gasteiger partial charge in [0.1, 0.15) is 0 Å². The van der Waals surface area contributed by atoms with Gasteiger partial charge >= 0.3 is 23.9 Å². The van der Waals surface area contributed by atoms with E-state index in [2.05, 4.69) is 9.97 Å². The molecular weight excluding hydrogens is 809 g/mol. The minimum absolute atomic E-state index is 0.178. The number of hydrogen-bond donors (Lipinski definition) is 6. The highest BCUT2D eigenvalue weighted by molar-refractivity contribution is 5.90. The molecule has 12 nitrogen and oxygen atoms in total. The molecule has 64 heavy (non-hydrogen) atoms. The van der Waals surface area contributed by atoms with E-state index in [9.17, 15) is 39.6 Å². The molecule has 2 aliphatic rings. The van der Waals surface area contributed by atoms with Crippen molar-refractivity contribution in [2.45, 2.75) is 25.7 Å². The second-order valence-corrected chi connectivity index (χ2v) is 15.6. The Labute approximate surface area is 365 Å². The maximum atomic E-state index is 11.7. The van der Waals surface area contributed by atoms with Crippen LogP contribution in [0.3, 0.4) is 0 Å². The predicted molar refractivity (Wildman–Crippen MR) is 244 cm³/mol. The number of aromatic nitrogens is 4. The number of carbonyl (C=O) groups is 4. The van der Waals surface area contributed by atoms with Crippen molar-refractivity contribution in [3.8, 4) is 0 Å². The Morgan fingerprint density at radius 2 is 0.531 bits per heavy atom. The fraction of sp³-hybridized carbons (Fsp3) is 0.0769. The topological polar surface area (TPSA) is 207 Å². The molecule has 0 atom stereocenters. The molecule has 6 N–H and O–H groups in total. The number of H-pyrrole nitrogens is 2. The first-order valence-electron chi connectivity index (χ1n) is 20.4. The lowest BCUT2D eigenvalue weighted by atomic mass is 10.0. The van der Waals surface area contributed by atoms with E-state index in [1.807, 2.05) is 48.6 Å². The number of aromatic amines is 2. The number of carboxylic acids is 4. The van der Waals surface area contributed by atoms with Crippen LogP contribution in [0.2, 0.25) is 0 Å². The number of nitrogens with one attached hydrogen (secondary N) is 2. The van der Waals surface area contributed by atoms with E-state index in [-0.39, 0.29) is 22.3 Å². The van der Waals surface area contributed by atoms with Gasteiger partial charge in [-0.25, -0.2) is 29.1 Å². The van der Waals surface area contributed by atoms with Gasteiger partial charge in [0.25, 0.3) is 0 Å². The fourth-order valence-electron chi connectivity index (χ4n) is 8.06. The Morgan fingerprint density at radius 3 is 0.719 bits per heavy atom. The largest absolute Gasteiger partial charge is 0.478 e. The number of rotatable bonds is 12. The molecule has 5 heterocycles. The molecule has 0 saturated carbocycles. The van der Waals surface area contributed by atoms with Gasteiger partial charge in [-0.1, -0.05) is 48.5 Å². The summed E-state index contributed by atoms with van der Waals surface area (Å²) in [6.07, 6.45) is 9.48. The Kier molecular flexibility index (Phi) is 10.8. The van der Waals surface area contributed by atoms with Crippen LogP contribution in [0.1, 0.15) is 109 Å². The highest BCUT2D eigenvalue weighted by Crippen LogP contribution is 2.31. The molecule has 314 valence electrons. The van der Waals surface area contributed by atoms with Crippen LogP contribution in [0.4, 0.5) is 0 Å². The van der Waals surface area contributed by atoms with Crippen LogP contribution in [0.25, 0.3) is 46.4 Å². The molecule has 2 aliphatic heterocycles. The summed E-state index contributed by atoms with van der Waals surface area (Å²) in [6.45, 7) is 0. The molecule has 0 radical (unpaired) electrons. The van der Waals surface area contributed by atoms with E-state index in [1.54, 1.807) is 97.1 Å². The second-order valence-electron chi connectivity index (χ2n) is 15.6. The van der Waals surface area contributed by atoms with Crippen molar-refractivity contribution in [3.05, 3.63) is 211 Å². The number of nitrogens with zero attached hydrogens (tertiary/aromatic N) is 2. The first-order chi connectivity index (χ1) is 30.9. The maximum absolute atomic E-state index is 11.7. The number of carboxylic acid groups (broad SMARTS) is 4. The Balaban J connectivity index is 1.31. The number of fused-ring (bicyclic) bond motifs is 8. The first-order valence-corrected chi connectivity index (χ1v) is 20.4. The summed E-state index contributed by atoms with van der Waals surface area (Å²) in [5, 5.41) is 38.4. The minimum atomic E-state index is -1.02. The normalized spacial score (nSPS) is 11.8. The summed E-state index contributed by atoms with van der Waals surface area (Å²) in [5.41, 5.74) is 13.5. The fourth-order valence-corrected chi connectivity index (χ4v) is 8.06. The summed E-state index contributed by atoms with van der Waals surface area (Å²) >= 11 is 0. The average Bonchev–Trinajstić information content (AvgIpc) is 4.15. The highest BCUT2D eigenvalue weighted by Gasteiger charge is 2.19. The third-order valence-electron chi connectivity index (χ3n) is 11.5. The summed E-state index contributed by atoms with van der Waals surface area (Å²) in [6, 6.07) is 35.0. The molecule has 8 bridgehead atoms. The zero-order valence-electron chi connectivity index (χ0n) is 34.0. The van der Waals surface area contributed by atoms with Crippen LogP contribution < -0.4 is 0 Å². The van der Waals surface area contributed by atoms with Crippen molar-refractivity contribution in [3.63, 3.8) is 0 Å². The van der Waals surface area contributed by atoms with Gasteiger partial charge in [-0.3, -0.25) is 0 Å². The van der Waals surface area contributed by atoms with Crippen molar-refractivity contribution >= 4 is 70.2 Å². The van der Waals surface area contributed by atoms with Gasteiger partial charge in [-0.2, -0.15) is 0 Å². The van der Waals surface area contributed by atoms with Gasteiger partial charge in [0.05, 0.1) is 45.0 Å². The molecule has 0 spiro atoms. The summed E-state index contributed by atoms with van der Waals surface area (Å²) in [4.78, 5) is 64.7. The average molecular weight is 847 g/mol. The van der Waals surface area contributed by atoms with Crippen LogP contribution in [-0.2, 0) is 25.7 Å². The molecular formula is C52H38N4O8. The zero-order valence-corrected chi connectivity index (χ0v) is 34.0. The summed E-state index contributed by atoms with van der Waals surface area (Å²) in [5.74, 6) is -4.06. The molecule has 0 unspecified atom stereocenters. The van der Waals surface area contributed by atoms with Crippen LogP contribution >= 0.6 is 0 Å². The minimum Gasteiger partial charge on any atom is -0.478 e. The smallest absolute Gasteiger partial charge is 0.335 e. The van der Waals surface area contributed by atoms with Crippen LogP contribution in [0.5, 0.6) is 0 Å². The Bertz CT molecular complexity index is 2820. The Hall–Kier alpha value is -8.64. The van der Waals surface area contributed by atoms with Gasteiger partial charge in [-0.15, -0.1) is 0 Å². The lowest BCUT2D eigenvalue weighted by molar-refractivity contribution is 0.0686. The molecule has 0 saturated heterocycles. The predicted octanol–water partition coefficient (Wildman–Crippen LogP) is 9.81. The number of hydrogen-bond acceptors (Lipinski definition) is 6. The lowest BCUT2D eigenvalue weighted by Gasteiger charge is -2.08. The second kappa shape index (κ2) is 17.0. The number of benzene rings is 4. The number of aromatic carboxylic acids is 4. The molecule has 4 aromatic carbocycles.